The summed E-state index contributed by atoms with van der Waals surface area (Å²) >= 11 is 7.81. The highest BCUT2D eigenvalue weighted by molar-refractivity contribution is 8.26. The Morgan fingerprint density at radius 1 is 1.26 bits per heavy atom. The smallest absolute Gasteiger partial charge is 0.341 e. The maximum Gasteiger partial charge on any atom is 0.341 e. The van der Waals surface area contributed by atoms with Crippen LogP contribution in [0, 0.1) is 5.82 Å². The minimum absolute atomic E-state index is 0.00422. The Hall–Kier alpha value is -2.56. The van der Waals surface area contributed by atoms with Gasteiger partial charge in [-0.25, -0.2) is 9.18 Å². The van der Waals surface area contributed by atoms with E-state index in [4.69, 9.17) is 17.0 Å². The second kappa shape index (κ2) is 10.8. The van der Waals surface area contributed by atoms with Crippen LogP contribution < -0.4 is 5.32 Å². The lowest BCUT2D eigenvalue weighted by Gasteiger charge is -2.14. The van der Waals surface area contributed by atoms with Gasteiger partial charge in [-0.05, 0) is 50.3 Å². The van der Waals surface area contributed by atoms with Gasteiger partial charge >= 0.3 is 5.97 Å². The van der Waals surface area contributed by atoms with Crippen molar-refractivity contribution in [3.8, 4) is 0 Å². The minimum Gasteiger partial charge on any atom is -0.462 e. The van der Waals surface area contributed by atoms with Gasteiger partial charge in [0, 0.05) is 23.4 Å². The van der Waals surface area contributed by atoms with Crippen molar-refractivity contribution in [2.45, 2.75) is 39.0 Å². The van der Waals surface area contributed by atoms with E-state index in [1.807, 2.05) is 0 Å². The molecule has 0 spiro atoms. The molecule has 178 valence electrons. The van der Waals surface area contributed by atoms with Crippen LogP contribution >= 0.6 is 35.3 Å². The Labute approximate surface area is 210 Å². The lowest BCUT2D eigenvalue weighted by Crippen LogP contribution is -2.31. The van der Waals surface area contributed by atoms with E-state index in [2.05, 4.69) is 5.32 Å². The SMILES string of the molecule is CCOC(=O)c1c(NC(=O)CCN2C(=O)/C(=C\c3ccccc3F)SC2=S)sc2c1CCCC2. The van der Waals surface area contributed by atoms with Crippen molar-refractivity contribution in [1.82, 2.24) is 4.90 Å². The number of thiocarbonyl (C=S) groups is 1. The van der Waals surface area contributed by atoms with Crippen molar-refractivity contribution in [2.75, 3.05) is 18.5 Å². The molecule has 0 bridgehead atoms. The van der Waals surface area contributed by atoms with Crippen LogP contribution in [0.5, 0.6) is 0 Å². The number of thioether (sulfide) groups is 1. The van der Waals surface area contributed by atoms with Gasteiger partial charge in [-0.1, -0.05) is 42.2 Å². The molecule has 0 radical (unpaired) electrons. The maximum atomic E-state index is 14.0. The van der Waals surface area contributed by atoms with Crippen LogP contribution in [0.1, 0.15) is 52.5 Å². The first kappa shape index (κ1) is 24.6. The van der Waals surface area contributed by atoms with Crippen LogP contribution in [0.15, 0.2) is 29.2 Å². The summed E-state index contributed by atoms with van der Waals surface area (Å²) in [6.45, 7) is 2.09. The second-order valence-electron chi connectivity index (χ2n) is 7.79. The molecule has 1 aliphatic heterocycles. The number of rotatable bonds is 7. The molecule has 34 heavy (non-hydrogen) atoms. The number of ether oxygens (including phenoxy) is 1. The molecular weight excluding hydrogens is 495 g/mol. The summed E-state index contributed by atoms with van der Waals surface area (Å²) in [4.78, 5) is 40.9. The molecule has 1 N–H and O–H groups in total. The third kappa shape index (κ3) is 5.24. The van der Waals surface area contributed by atoms with Crippen LogP contribution in [0.25, 0.3) is 6.08 Å². The average molecular weight is 519 g/mol. The van der Waals surface area contributed by atoms with Crippen LogP contribution in [0.2, 0.25) is 0 Å². The highest BCUT2D eigenvalue weighted by Crippen LogP contribution is 2.39. The molecule has 0 saturated carbocycles. The molecule has 0 atom stereocenters. The van der Waals surface area contributed by atoms with Gasteiger partial charge in [-0.2, -0.15) is 0 Å². The molecule has 4 rings (SSSR count). The molecule has 1 aromatic heterocycles. The molecular formula is C24H23FN2O4S3. The molecule has 10 heteroatoms. The molecule has 1 saturated heterocycles. The third-order valence-electron chi connectivity index (χ3n) is 5.53. The zero-order chi connectivity index (χ0) is 24.2. The van der Waals surface area contributed by atoms with E-state index >= 15 is 0 Å². The maximum absolute atomic E-state index is 14.0. The number of halogens is 1. The fourth-order valence-corrected chi connectivity index (χ4v) is 6.49. The molecule has 1 aromatic carbocycles. The standard InChI is InChI=1S/C24H23FN2O4S3/c1-2-31-23(30)20-15-8-4-6-10-17(15)33-21(20)26-19(28)11-12-27-22(29)18(34-24(27)32)13-14-7-3-5-9-16(14)25/h3,5,7,9,13H,2,4,6,8,10-12H2,1H3,(H,26,28)/b18-13+. The second-order valence-corrected chi connectivity index (χ2v) is 10.6. The van der Waals surface area contributed by atoms with Crippen molar-refractivity contribution in [3.05, 3.63) is 56.6 Å². The lowest BCUT2D eigenvalue weighted by atomic mass is 9.95. The van der Waals surface area contributed by atoms with Gasteiger partial charge in [0.25, 0.3) is 5.91 Å². The number of hydrogen-bond acceptors (Lipinski definition) is 7. The van der Waals surface area contributed by atoms with Crippen molar-refractivity contribution < 1.29 is 23.5 Å². The largest absolute Gasteiger partial charge is 0.462 e. The topological polar surface area (TPSA) is 75.7 Å². The van der Waals surface area contributed by atoms with E-state index in [0.29, 0.717) is 25.4 Å². The van der Waals surface area contributed by atoms with Gasteiger partial charge < -0.3 is 10.1 Å². The van der Waals surface area contributed by atoms with Gasteiger partial charge in [0.05, 0.1) is 17.1 Å². The van der Waals surface area contributed by atoms with Gasteiger partial charge in [0.1, 0.15) is 15.1 Å². The Morgan fingerprint density at radius 2 is 2.03 bits per heavy atom. The third-order valence-corrected chi connectivity index (χ3v) is 8.12. The van der Waals surface area contributed by atoms with Crippen LogP contribution in [0.3, 0.4) is 0 Å². The van der Waals surface area contributed by atoms with Gasteiger partial charge in [-0.3, -0.25) is 14.5 Å². The van der Waals surface area contributed by atoms with Gasteiger partial charge in [0.2, 0.25) is 5.91 Å². The fraction of sp³-hybridized carbons (Fsp3) is 0.333. The Morgan fingerprint density at radius 3 is 2.79 bits per heavy atom. The van der Waals surface area contributed by atoms with E-state index in [1.165, 1.54) is 28.4 Å². The molecule has 6 nitrogen and oxygen atoms in total. The number of nitrogens with zero attached hydrogens (tertiary/aromatic N) is 1. The quantitative estimate of drug-likeness (QED) is 0.310. The van der Waals surface area contributed by atoms with E-state index in [-0.39, 0.29) is 31.4 Å². The van der Waals surface area contributed by atoms with E-state index in [0.717, 1.165) is 47.9 Å². The molecule has 1 fully saturated rings. The number of carbonyl (C=O) groups excluding carboxylic acids is 3. The number of thiophene rings is 1. The summed E-state index contributed by atoms with van der Waals surface area (Å²) in [5.41, 5.74) is 1.72. The van der Waals surface area contributed by atoms with Crippen molar-refractivity contribution in [3.63, 3.8) is 0 Å². The normalized spacial score (nSPS) is 16.6. The van der Waals surface area contributed by atoms with Crippen LogP contribution in [-0.2, 0) is 27.2 Å². The first-order valence-corrected chi connectivity index (χ1v) is 13.0. The number of amides is 2. The average Bonchev–Trinajstić information content (AvgIpc) is 3.30. The number of aryl methyl sites for hydroxylation is 1. The number of carbonyl (C=O) groups is 3. The first-order valence-electron chi connectivity index (χ1n) is 11.0. The van der Waals surface area contributed by atoms with Crippen LogP contribution in [0.4, 0.5) is 9.39 Å². The van der Waals surface area contributed by atoms with E-state index < -0.39 is 11.8 Å². The predicted molar refractivity (Wildman–Crippen MR) is 136 cm³/mol. The summed E-state index contributed by atoms with van der Waals surface area (Å²) in [6.07, 6.45) is 5.20. The molecule has 2 heterocycles. The highest BCUT2D eigenvalue weighted by Gasteiger charge is 2.33. The van der Waals surface area contributed by atoms with E-state index in [1.54, 1.807) is 25.1 Å². The molecule has 2 amide bonds. The summed E-state index contributed by atoms with van der Waals surface area (Å²) in [5, 5.41) is 3.35. The zero-order valence-electron chi connectivity index (χ0n) is 18.5. The summed E-state index contributed by atoms with van der Waals surface area (Å²) in [6, 6.07) is 6.17. The zero-order valence-corrected chi connectivity index (χ0v) is 21.0. The number of benzene rings is 1. The molecule has 0 unspecified atom stereocenters. The number of fused-ring (bicyclic) bond motifs is 1. The number of esters is 1. The van der Waals surface area contributed by atoms with Crippen LogP contribution in [-0.4, -0.2) is 40.2 Å². The lowest BCUT2D eigenvalue weighted by molar-refractivity contribution is -0.122. The number of anilines is 1. The molecule has 1 aliphatic carbocycles. The Bertz CT molecular complexity index is 1190. The van der Waals surface area contributed by atoms with E-state index in [9.17, 15) is 18.8 Å². The summed E-state index contributed by atoms with van der Waals surface area (Å²) < 4.78 is 19.5. The summed E-state index contributed by atoms with van der Waals surface area (Å²) in [7, 11) is 0. The predicted octanol–water partition coefficient (Wildman–Crippen LogP) is 5.17. The van der Waals surface area contributed by atoms with Crippen molar-refractivity contribution in [1.29, 1.82) is 0 Å². The first-order chi connectivity index (χ1) is 16.4. The minimum atomic E-state index is -0.428. The molecule has 2 aliphatic rings. The van der Waals surface area contributed by atoms with Gasteiger partial charge in [-0.15, -0.1) is 11.3 Å². The summed E-state index contributed by atoms with van der Waals surface area (Å²) in [5.74, 6) is -1.53. The highest BCUT2D eigenvalue weighted by atomic mass is 32.2. The van der Waals surface area contributed by atoms with Gasteiger partial charge in [0.15, 0.2) is 0 Å². The molecule has 2 aromatic rings. The monoisotopic (exact) mass is 518 g/mol. The van der Waals surface area contributed by atoms with Crippen molar-refractivity contribution in [2.24, 2.45) is 0 Å². The Kier molecular flexibility index (Phi) is 7.80. The fourth-order valence-electron chi connectivity index (χ4n) is 3.90. The Balaban J connectivity index is 1.43. The number of nitrogens with one attached hydrogen (secondary N) is 1. The number of hydrogen-bond donors (Lipinski definition) is 1. The van der Waals surface area contributed by atoms with Crippen molar-refractivity contribution >= 4 is 68.5 Å².